The van der Waals surface area contributed by atoms with Gasteiger partial charge in [0.15, 0.2) is 0 Å². The molecule has 0 amide bonds. The second-order valence-corrected chi connectivity index (χ2v) is 5.62. The summed E-state index contributed by atoms with van der Waals surface area (Å²) < 4.78 is 0. The van der Waals surface area contributed by atoms with E-state index in [1.54, 1.807) is 12.1 Å². The fraction of sp³-hybridized carbons (Fsp3) is 0.533. The Morgan fingerprint density at radius 3 is 2.80 bits per heavy atom. The van der Waals surface area contributed by atoms with Crippen molar-refractivity contribution >= 4 is 11.4 Å². The van der Waals surface area contributed by atoms with Gasteiger partial charge in [0.1, 0.15) is 5.69 Å². The molecule has 1 aromatic rings. The fourth-order valence-electron chi connectivity index (χ4n) is 2.86. The molecule has 0 bridgehead atoms. The summed E-state index contributed by atoms with van der Waals surface area (Å²) >= 11 is 0. The lowest BCUT2D eigenvalue weighted by atomic mass is 9.78. The summed E-state index contributed by atoms with van der Waals surface area (Å²) in [7, 11) is 0. The minimum Gasteiger partial charge on any atom is -0.376 e. The number of hydrogen-bond acceptors (Lipinski definition) is 4. The van der Waals surface area contributed by atoms with Gasteiger partial charge in [-0.1, -0.05) is 26.7 Å². The zero-order valence-electron chi connectivity index (χ0n) is 11.8. The molecular weight excluding hydrogens is 254 g/mol. The third-order valence-corrected chi connectivity index (χ3v) is 4.37. The van der Waals surface area contributed by atoms with E-state index in [0.29, 0.717) is 23.1 Å². The van der Waals surface area contributed by atoms with Crippen LogP contribution in [0.2, 0.25) is 0 Å². The quantitative estimate of drug-likeness (QED) is 0.672. The van der Waals surface area contributed by atoms with Crippen LogP contribution in [-0.2, 0) is 0 Å². The van der Waals surface area contributed by atoms with Crippen molar-refractivity contribution in [1.82, 2.24) is 0 Å². The van der Waals surface area contributed by atoms with Gasteiger partial charge in [0.2, 0.25) is 0 Å². The van der Waals surface area contributed by atoms with Crippen molar-refractivity contribution in [2.45, 2.75) is 39.2 Å². The Morgan fingerprint density at radius 1 is 1.40 bits per heavy atom. The molecule has 106 valence electrons. The van der Waals surface area contributed by atoms with Crippen LogP contribution in [0.25, 0.3) is 0 Å². The van der Waals surface area contributed by atoms with Gasteiger partial charge in [0.25, 0.3) is 5.69 Å². The van der Waals surface area contributed by atoms with Crippen molar-refractivity contribution in [2.75, 3.05) is 5.32 Å². The Balaban J connectivity index is 2.25. The number of nitro benzene ring substituents is 1. The molecule has 0 saturated heterocycles. The summed E-state index contributed by atoms with van der Waals surface area (Å²) in [5, 5.41) is 23.3. The van der Waals surface area contributed by atoms with Crippen LogP contribution in [0.15, 0.2) is 18.2 Å². The molecule has 20 heavy (non-hydrogen) atoms. The van der Waals surface area contributed by atoms with Crippen LogP contribution in [-0.4, -0.2) is 11.0 Å². The number of nitriles is 1. The summed E-state index contributed by atoms with van der Waals surface area (Å²) in [6, 6.07) is 6.78. The third kappa shape index (κ3) is 2.90. The number of nitrogens with one attached hydrogen (secondary N) is 1. The van der Waals surface area contributed by atoms with E-state index in [1.807, 2.05) is 6.07 Å². The molecule has 2 rings (SSSR count). The smallest absolute Gasteiger partial charge is 0.293 e. The molecule has 5 heteroatoms. The third-order valence-electron chi connectivity index (χ3n) is 4.37. The van der Waals surface area contributed by atoms with Gasteiger partial charge in [-0.05, 0) is 30.4 Å². The van der Waals surface area contributed by atoms with E-state index < -0.39 is 4.92 Å². The molecule has 0 aromatic heterocycles. The highest BCUT2D eigenvalue weighted by Gasteiger charge is 2.28. The van der Waals surface area contributed by atoms with Crippen molar-refractivity contribution < 1.29 is 4.92 Å². The number of rotatable bonds is 3. The van der Waals surface area contributed by atoms with Gasteiger partial charge in [0, 0.05) is 12.1 Å². The summed E-state index contributed by atoms with van der Waals surface area (Å²) in [6.45, 7) is 4.42. The first kappa shape index (κ1) is 14.3. The molecule has 3 atom stereocenters. The lowest BCUT2D eigenvalue weighted by Crippen LogP contribution is -2.35. The van der Waals surface area contributed by atoms with Gasteiger partial charge >= 0.3 is 0 Å². The Kier molecular flexibility index (Phi) is 4.23. The molecule has 1 aliphatic carbocycles. The summed E-state index contributed by atoms with van der Waals surface area (Å²) in [4.78, 5) is 10.7. The van der Waals surface area contributed by atoms with Crippen LogP contribution in [0, 0.1) is 33.3 Å². The Bertz CT molecular complexity index is 551. The highest BCUT2D eigenvalue weighted by atomic mass is 16.6. The molecule has 1 N–H and O–H groups in total. The van der Waals surface area contributed by atoms with E-state index in [2.05, 4.69) is 19.2 Å². The number of benzene rings is 1. The van der Waals surface area contributed by atoms with Crippen molar-refractivity contribution in [1.29, 1.82) is 5.26 Å². The molecule has 5 nitrogen and oxygen atoms in total. The van der Waals surface area contributed by atoms with Gasteiger partial charge in [0.05, 0.1) is 16.6 Å². The zero-order chi connectivity index (χ0) is 14.7. The predicted octanol–water partition coefficient (Wildman–Crippen LogP) is 3.70. The highest BCUT2D eigenvalue weighted by molar-refractivity contribution is 5.64. The monoisotopic (exact) mass is 273 g/mol. The van der Waals surface area contributed by atoms with Gasteiger partial charge in [-0.15, -0.1) is 0 Å². The van der Waals surface area contributed by atoms with E-state index in [1.165, 1.54) is 12.5 Å². The summed E-state index contributed by atoms with van der Waals surface area (Å²) in [6.07, 6.45) is 3.39. The van der Waals surface area contributed by atoms with Gasteiger partial charge in [-0.25, -0.2) is 0 Å². The molecule has 1 saturated carbocycles. The first-order chi connectivity index (χ1) is 9.52. The van der Waals surface area contributed by atoms with Crippen LogP contribution in [0.3, 0.4) is 0 Å². The van der Waals surface area contributed by atoms with Crippen LogP contribution >= 0.6 is 0 Å². The van der Waals surface area contributed by atoms with Crippen LogP contribution < -0.4 is 5.32 Å². The fourth-order valence-corrected chi connectivity index (χ4v) is 2.86. The maximum Gasteiger partial charge on any atom is 0.293 e. The normalized spacial score (nSPS) is 25.8. The minimum absolute atomic E-state index is 0.0190. The topological polar surface area (TPSA) is 79.0 Å². The lowest BCUT2D eigenvalue weighted by molar-refractivity contribution is -0.384. The SMILES string of the molecule is CC1CCCC(Nc2ccc(C#N)cc2[N+](=O)[O-])C1C. The van der Waals surface area contributed by atoms with Crippen LogP contribution in [0.4, 0.5) is 11.4 Å². The van der Waals surface area contributed by atoms with Crippen LogP contribution in [0.5, 0.6) is 0 Å². The van der Waals surface area contributed by atoms with Gasteiger partial charge in [-0.3, -0.25) is 10.1 Å². The summed E-state index contributed by atoms with van der Waals surface area (Å²) in [5.74, 6) is 1.11. The first-order valence-electron chi connectivity index (χ1n) is 6.98. The van der Waals surface area contributed by atoms with E-state index in [9.17, 15) is 10.1 Å². The average molecular weight is 273 g/mol. The number of nitrogens with zero attached hydrogens (tertiary/aromatic N) is 2. The predicted molar refractivity (Wildman–Crippen MR) is 77.4 cm³/mol. The molecule has 1 aliphatic rings. The molecule has 0 heterocycles. The second kappa shape index (κ2) is 5.91. The molecule has 0 radical (unpaired) electrons. The molecular formula is C15H19N3O2. The Morgan fingerprint density at radius 2 is 2.15 bits per heavy atom. The summed E-state index contributed by atoms with van der Waals surface area (Å²) in [5.41, 5.74) is 0.807. The van der Waals surface area contributed by atoms with Crippen molar-refractivity contribution in [3.05, 3.63) is 33.9 Å². The molecule has 1 aromatic carbocycles. The Labute approximate surface area is 118 Å². The molecule has 3 unspecified atom stereocenters. The van der Waals surface area contributed by atoms with Gasteiger partial charge in [-0.2, -0.15) is 5.26 Å². The van der Waals surface area contributed by atoms with E-state index in [4.69, 9.17) is 5.26 Å². The molecule has 0 aliphatic heterocycles. The van der Waals surface area contributed by atoms with Crippen LogP contribution in [0.1, 0.15) is 38.7 Å². The standard InChI is InChI=1S/C15H19N3O2/c1-10-4-3-5-13(11(10)2)17-14-7-6-12(9-16)8-15(14)18(19)20/h6-8,10-11,13,17H,3-5H2,1-2H3. The number of nitro groups is 1. The van der Waals surface area contributed by atoms with E-state index >= 15 is 0 Å². The largest absolute Gasteiger partial charge is 0.376 e. The average Bonchev–Trinajstić information content (AvgIpc) is 2.44. The molecule has 1 fully saturated rings. The maximum atomic E-state index is 11.1. The van der Waals surface area contributed by atoms with Gasteiger partial charge < -0.3 is 5.32 Å². The second-order valence-electron chi connectivity index (χ2n) is 5.62. The number of hydrogen-bond donors (Lipinski definition) is 1. The maximum absolute atomic E-state index is 11.1. The zero-order valence-corrected chi connectivity index (χ0v) is 11.8. The first-order valence-corrected chi connectivity index (χ1v) is 6.98. The minimum atomic E-state index is -0.430. The molecule has 0 spiro atoms. The van der Waals surface area contributed by atoms with Crippen molar-refractivity contribution in [3.8, 4) is 6.07 Å². The van der Waals surface area contributed by atoms with E-state index in [0.717, 1.165) is 12.8 Å². The Hall–Kier alpha value is -2.09. The van der Waals surface area contributed by atoms with Crippen molar-refractivity contribution in [2.24, 2.45) is 11.8 Å². The van der Waals surface area contributed by atoms with E-state index in [-0.39, 0.29) is 11.7 Å². The van der Waals surface area contributed by atoms with Crippen molar-refractivity contribution in [3.63, 3.8) is 0 Å². The number of anilines is 1. The lowest BCUT2D eigenvalue weighted by Gasteiger charge is -2.35. The highest BCUT2D eigenvalue weighted by Crippen LogP contribution is 2.34.